The Morgan fingerprint density at radius 1 is 1.35 bits per heavy atom. The predicted octanol–water partition coefficient (Wildman–Crippen LogP) is 1.42. The third-order valence-corrected chi connectivity index (χ3v) is 5.83. The van der Waals surface area contributed by atoms with E-state index in [1.54, 1.807) is 37.6 Å². The summed E-state index contributed by atoms with van der Waals surface area (Å²) in [6, 6.07) is 4.96. The lowest BCUT2D eigenvalue weighted by Gasteiger charge is -2.13. The summed E-state index contributed by atoms with van der Waals surface area (Å²) in [4.78, 5) is 12.3. The maximum absolute atomic E-state index is 12.4. The van der Waals surface area contributed by atoms with Crippen molar-refractivity contribution in [2.24, 2.45) is 7.05 Å². The van der Waals surface area contributed by atoms with Gasteiger partial charge in [0.15, 0.2) is 5.16 Å². The predicted molar refractivity (Wildman–Crippen MR) is 87.6 cm³/mol. The number of sulfonamides is 1. The van der Waals surface area contributed by atoms with Crippen LogP contribution in [0.3, 0.4) is 0 Å². The van der Waals surface area contributed by atoms with Crippen LogP contribution in [0.25, 0.3) is 0 Å². The van der Waals surface area contributed by atoms with Crippen molar-refractivity contribution in [3.05, 3.63) is 35.7 Å². The smallest absolute Gasteiger partial charge is 0.264 e. The summed E-state index contributed by atoms with van der Waals surface area (Å²) in [5.74, 6) is -0.599. The van der Waals surface area contributed by atoms with E-state index in [0.29, 0.717) is 10.7 Å². The van der Waals surface area contributed by atoms with Crippen LogP contribution in [0, 0.1) is 13.8 Å². The number of rotatable bonds is 5. The molecule has 0 aliphatic heterocycles. The van der Waals surface area contributed by atoms with Crippen molar-refractivity contribution in [1.82, 2.24) is 19.5 Å². The molecular formula is C14H18N4O3S2. The highest BCUT2D eigenvalue weighted by atomic mass is 32.2. The van der Waals surface area contributed by atoms with E-state index < -0.39 is 21.2 Å². The second kappa shape index (κ2) is 6.71. The first-order valence-corrected chi connectivity index (χ1v) is 9.21. The topological polar surface area (TPSA) is 93.9 Å². The van der Waals surface area contributed by atoms with E-state index >= 15 is 0 Å². The van der Waals surface area contributed by atoms with Gasteiger partial charge in [0.2, 0.25) is 5.91 Å². The Morgan fingerprint density at radius 3 is 2.61 bits per heavy atom. The van der Waals surface area contributed by atoms with Crippen LogP contribution in [0.1, 0.15) is 18.1 Å². The molecule has 1 N–H and O–H groups in total. The molecule has 1 aromatic carbocycles. The van der Waals surface area contributed by atoms with Gasteiger partial charge in [0, 0.05) is 7.05 Å². The normalized spacial score (nSPS) is 12.9. The first-order valence-electron chi connectivity index (χ1n) is 6.85. The molecule has 0 bridgehead atoms. The van der Waals surface area contributed by atoms with Crippen LogP contribution in [0.5, 0.6) is 0 Å². The lowest BCUT2D eigenvalue weighted by atomic mass is 10.2. The average molecular weight is 354 g/mol. The summed E-state index contributed by atoms with van der Waals surface area (Å²) in [7, 11) is -2.15. The zero-order valence-electron chi connectivity index (χ0n) is 13.3. The highest BCUT2D eigenvalue weighted by molar-refractivity contribution is 8.00. The molecule has 1 aromatic heterocycles. The fourth-order valence-electron chi connectivity index (χ4n) is 1.96. The molecular weight excluding hydrogens is 336 g/mol. The summed E-state index contributed by atoms with van der Waals surface area (Å²) >= 11 is 1.14. The Kier molecular flexibility index (Phi) is 5.10. The van der Waals surface area contributed by atoms with Crippen LogP contribution in [0.15, 0.2) is 34.6 Å². The van der Waals surface area contributed by atoms with Crippen LogP contribution >= 0.6 is 11.8 Å². The van der Waals surface area contributed by atoms with Crippen molar-refractivity contribution in [1.29, 1.82) is 0 Å². The minimum atomic E-state index is -3.90. The average Bonchev–Trinajstić information content (AvgIpc) is 2.83. The van der Waals surface area contributed by atoms with Crippen LogP contribution in [-0.2, 0) is 21.9 Å². The molecule has 1 heterocycles. The molecule has 0 saturated heterocycles. The quantitative estimate of drug-likeness (QED) is 0.816. The van der Waals surface area contributed by atoms with Crippen molar-refractivity contribution in [3.8, 4) is 0 Å². The van der Waals surface area contributed by atoms with Crippen LogP contribution in [0.4, 0.5) is 0 Å². The number of amides is 1. The molecule has 0 radical (unpaired) electrons. The number of carbonyl (C=O) groups excluding carboxylic acids is 1. The van der Waals surface area contributed by atoms with Gasteiger partial charge in [-0.25, -0.2) is 13.1 Å². The number of hydrogen-bond donors (Lipinski definition) is 1. The number of carbonyl (C=O) groups is 1. The largest absolute Gasteiger partial charge is 0.312 e. The van der Waals surface area contributed by atoms with E-state index in [2.05, 4.69) is 14.9 Å². The zero-order chi connectivity index (χ0) is 17.2. The molecule has 0 saturated carbocycles. The molecule has 124 valence electrons. The summed E-state index contributed by atoms with van der Waals surface area (Å²) in [5, 5.41) is 7.49. The van der Waals surface area contributed by atoms with Crippen molar-refractivity contribution in [2.45, 2.75) is 36.1 Å². The zero-order valence-corrected chi connectivity index (χ0v) is 14.9. The number of nitrogens with one attached hydrogen (secondary N) is 1. The highest BCUT2D eigenvalue weighted by Gasteiger charge is 2.24. The Morgan fingerprint density at radius 2 is 2.04 bits per heavy atom. The molecule has 0 spiro atoms. The van der Waals surface area contributed by atoms with Gasteiger partial charge in [-0.2, -0.15) is 0 Å². The maximum Gasteiger partial charge on any atom is 0.264 e. The second-order valence-corrected chi connectivity index (χ2v) is 8.18. The van der Waals surface area contributed by atoms with Gasteiger partial charge < -0.3 is 4.57 Å². The van der Waals surface area contributed by atoms with Crippen molar-refractivity contribution in [2.75, 3.05) is 0 Å². The Bertz CT molecular complexity index is 830. The van der Waals surface area contributed by atoms with Crippen LogP contribution in [-0.4, -0.2) is 34.3 Å². The molecule has 0 aliphatic carbocycles. The Balaban J connectivity index is 2.13. The molecule has 2 rings (SSSR count). The van der Waals surface area contributed by atoms with Crippen molar-refractivity contribution in [3.63, 3.8) is 0 Å². The number of benzene rings is 1. The van der Waals surface area contributed by atoms with Crippen LogP contribution in [0.2, 0.25) is 0 Å². The molecule has 23 heavy (non-hydrogen) atoms. The Labute approximate surface area is 139 Å². The first kappa shape index (κ1) is 17.5. The summed E-state index contributed by atoms with van der Waals surface area (Å²) < 4.78 is 28.5. The lowest BCUT2D eigenvalue weighted by Crippen LogP contribution is -2.36. The van der Waals surface area contributed by atoms with E-state index in [1.807, 2.05) is 6.92 Å². The van der Waals surface area contributed by atoms with Gasteiger partial charge in [0.25, 0.3) is 10.0 Å². The molecule has 2 aromatic rings. The van der Waals surface area contributed by atoms with Crippen molar-refractivity contribution < 1.29 is 13.2 Å². The van der Waals surface area contributed by atoms with E-state index in [0.717, 1.165) is 17.3 Å². The molecule has 9 heteroatoms. The van der Waals surface area contributed by atoms with Gasteiger partial charge in [-0.05, 0) is 32.4 Å². The molecule has 1 atom stereocenters. The van der Waals surface area contributed by atoms with Gasteiger partial charge in [0.05, 0.1) is 10.1 Å². The lowest BCUT2D eigenvalue weighted by molar-refractivity contribution is -0.118. The van der Waals surface area contributed by atoms with Gasteiger partial charge in [0.1, 0.15) is 6.33 Å². The minimum absolute atomic E-state index is 0.104. The second-order valence-electron chi connectivity index (χ2n) is 5.22. The van der Waals surface area contributed by atoms with Gasteiger partial charge in [-0.15, -0.1) is 10.2 Å². The van der Waals surface area contributed by atoms with E-state index in [9.17, 15) is 13.2 Å². The number of aromatic nitrogens is 3. The maximum atomic E-state index is 12.4. The van der Waals surface area contributed by atoms with Crippen molar-refractivity contribution >= 4 is 27.7 Å². The van der Waals surface area contributed by atoms with Gasteiger partial charge in [-0.3, -0.25) is 4.79 Å². The molecule has 0 unspecified atom stereocenters. The molecule has 0 aliphatic rings. The number of hydrogen-bond acceptors (Lipinski definition) is 6. The minimum Gasteiger partial charge on any atom is -0.312 e. The molecule has 0 fully saturated rings. The Hall–Kier alpha value is -1.87. The third kappa shape index (κ3) is 4.11. The fourth-order valence-corrected chi connectivity index (χ4v) is 4.11. The molecule has 1 amide bonds. The van der Waals surface area contributed by atoms with E-state index in [4.69, 9.17) is 0 Å². The number of thioether (sulfide) groups is 1. The van der Waals surface area contributed by atoms with Crippen LogP contribution < -0.4 is 4.72 Å². The SMILES string of the molecule is Cc1ccc(S(=O)(=O)NC(=O)[C@@H](C)Sc2nncn2C)c(C)c1. The van der Waals surface area contributed by atoms with Gasteiger partial charge >= 0.3 is 0 Å². The fraction of sp³-hybridized carbons (Fsp3) is 0.357. The third-order valence-electron chi connectivity index (χ3n) is 3.18. The summed E-state index contributed by atoms with van der Waals surface area (Å²) in [6.45, 7) is 5.19. The van der Waals surface area contributed by atoms with E-state index in [1.165, 1.54) is 12.4 Å². The first-order chi connectivity index (χ1) is 10.7. The molecule has 7 nitrogen and oxygen atoms in total. The van der Waals surface area contributed by atoms with E-state index in [-0.39, 0.29) is 4.90 Å². The van der Waals surface area contributed by atoms with Gasteiger partial charge in [-0.1, -0.05) is 29.5 Å². The summed E-state index contributed by atoms with van der Waals surface area (Å²) in [6.07, 6.45) is 1.51. The highest BCUT2D eigenvalue weighted by Crippen LogP contribution is 2.21. The monoisotopic (exact) mass is 354 g/mol. The number of nitrogens with zero attached hydrogens (tertiary/aromatic N) is 3. The number of aryl methyl sites for hydroxylation is 3. The summed E-state index contributed by atoms with van der Waals surface area (Å²) in [5.41, 5.74) is 1.55. The standard InChI is InChI=1S/C14H18N4O3S2/c1-9-5-6-12(10(2)7-9)23(20,21)17-13(19)11(3)22-14-16-15-8-18(14)4/h5-8,11H,1-4H3,(H,17,19)/t11-/m1/s1.